The lowest BCUT2D eigenvalue weighted by molar-refractivity contribution is -0.151. The van der Waals surface area contributed by atoms with Crippen molar-refractivity contribution in [2.75, 3.05) is 6.61 Å². The van der Waals surface area contributed by atoms with Gasteiger partial charge in [-0.1, -0.05) is 6.07 Å². The average Bonchev–Trinajstić information content (AvgIpc) is 2.56. The molecule has 0 aliphatic carbocycles. The molecule has 0 bridgehead atoms. The standard InChI is InChI=1S/C10H10BFO4/c1-2-15-10(13)9-7-5-6(12)3-4-8(7)11(14)16-9/h3-5,9,14H,2H2,1H3. The van der Waals surface area contributed by atoms with E-state index in [1.165, 1.54) is 18.2 Å². The minimum Gasteiger partial charge on any atom is -0.464 e. The molecule has 4 nitrogen and oxygen atoms in total. The summed E-state index contributed by atoms with van der Waals surface area (Å²) in [5.41, 5.74) is 0.727. The Morgan fingerprint density at radius 2 is 2.44 bits per heavy atom. The van der Waals surface area contributed by atoms with Crippen LogP contribution in [-0.2, 0) is 14.2 Å². The number of halogens is 1. The first-order valence-corrected chi connectivity index (χ1v) is 4.93. The fourth-order valence-corrected chi connectivity index (χ4v) is 1.67. The number of hydrogen-bond acceptors (Lipinski definition) is 4. The third-order valence-corrected chi connectivity index (χ3v) is 2.36. The minimum atomic E-state index is -1.20. The second kappa shape index (κ2) is 4.23. The lowest BCUT2D eigenvalue weighted by atomic mass is 9.79. The van der Waals surface area contributed by atoms with Crippen molar-refractivity contribution in [1.29, 1.82) is 0 Å². The van der Waals surface area contributed by atoms with Crippen molar-refractivity contribution in [1.82, 2.24) is 0 Å². The zero-order chi connectivity index (χ0) is 11.7. The van der Waals surface area contributed by atoms with Crippen molar-refractivity contribution < 1.29 is 23.6 Å². The molecular weight excluding hydrogens is 214 g/mol. The largest absolute Gasteiger partial charge is 0.492 e. The molecule has 16 heavy (non-hydrogen) atoms. The van der Waals surface area contributed by atoms with Crippen LogP contribution in [0.25, 0.3) is 0 Å². The molecule has 0 aromatic heterocycles. The quantitative estimate of drug-likeness (QED) is 0.573. The van der Waals surface area contributed by atoms with Crippen LogP contribution in [0, 0.1) is 5.82 Å². The van der Waals surface area contributed by atoms with E-state index in [2.05, 4.69) is 0 Å². The van der Waals surface area contributed by atoms with Crippen LogP contribution in [0.1, 0.15) is 18.6 Å². The molecule has 1 aromatic carbocycles. The van der Waals surface area contributed by atoms with Gasteiger partial charge in [0.25, 0.3) is 0 Å². The molecule has 84 valence electrons. The van der Waals surface area contributed by atoms with Gasteiger partial charge in [0.1, 0.15) is 5.82 Å². The highest BCUT2D eigenvalue weighted by atomic mass is 19.1. The van der Waals surface area contributed by atoms with Crippen LogP contribution in [0.2, 0.25) is 0 Å². The molecule has 0 saturated carbocycles. The van der Waals surface area contributed by atoms with Crippen molar-refractivity contribution >= 4 is 18.6 Å². The van der Waals surface area contributed by atoms with Crippen molar-refractivity contribution in [3.05, 3.63) is 29.6 Å². The Morgan fingerprint density at radius 1 is 1.69 bits per heavy atom. The van der Waals surface area contributed by atoms with Crippen LogP contribution >= 0.6 is 0 Å². The molecule has 1 atom stereocenters. The van der Waals surface area contributed by atoms with Crippen LogP contribution in [-0.4, -0.2) is 24.7 Å². The van der Waals surface area contributed by atoms with Gasteiger partial charge in [0.15, 0.2) is 6.10 Å². The number of ether oxygens (including phenoxy) is 1. The lowest BCUT2D eigenvalue weighted by Crippen LogP contribution is -2.28. The molecule has 1 unspecified atom stereocenters. The molecule has 0 radical (unpaired) electrons. The number of rotatable bonds is 2. The number of benzene rings is 1. The molecule has 1 heterocycles. The zero-order valence-electron chi connectivity index (χ0n) is 8.64. The summed E-state index contributed by atoms with van der Waals surface area (Å²) in [6, 6.07) is 3.78. The monoisotopic (exact) mass is 224 g/mol. The van der Waals surface area contributed by atoms with Gasteiger partial charge in [0, 0.05) is 0 Å². The van der Waals surface area contributed by atoms with Gasteiger partial charge in [-0.3, -0.25) is 0 Å². The van der Waals surface area contributed by atoms with Crippen molar-refractivity contribution in [2.24, 2.45) is 0 Å². The van der Waals surface area contributed by atoms with Crippen molar-refractivity contribution in [3.8, 4) is 0 Å². The molecule has 0 saturated heterocycles. The highest BCUT2D eigenvalue weighted by molar-refractivity contribution is 6.62. The predicted octanol–water partition coefficient (Wildman–Crippen LogP) is 0.148. The van der Waals surface area contributed by atoms with Gasteiger partial charge in [0.05, 0.1) is 6.61 Å². The Bertz CT molecular complexity index is 423. The fourth-order valence-electron chi connectivity index (χ4n) is 1.67. The molecule has 0 fully saturated rings. The molecular formula is C10H10BFO4. The fraction of sp³-hybridized carbons (Fsp3) is 0.300. The van der Waals surface area contributed by atoms with Crippen molar-refractivity contribution in [3.63, 3.8) is 0 Å². The number of carbonyl (C=O) groups is 1. The molecule has 0 spiro atoms. The maximum atomic E-state index is 13.0. The maximum absolute atomic E-state index is 13.0. The van der Waals surface area contributed by atoms with E-state index in [0.717, 1.165) is 0 Å². The van der Waals surface area contributed by atoms with E-state index in [1.54, 1.807) is 6.92 Å². The number of carbonyl (C=O) groups excluding carboxylic acids is 1. The van der Waals surface area contributed by atoms with E-state index in [0.29, 0.717) is 11.0 Å². The third-order valence-electron chi connectivity index (χ3n) is 2.36. The molecule has 1 aliphatic heterocycles. The molecule has 2 rings (SSSR count). The number of fused-ring (bicyclic) bond motifs is 1. The number of hydrogen-bond donors (Lipinski definition) is 1. The van der Waals surface area contributed by atoms with Crippen LogP contribution in [0.5, 0.6) is 0 Å². The smallest absolute Gasteiger partial charge is 0.464 e. The summed E-state index contributed by atoms with van der Waals surface area (Å²) < 4.78 is 22.8. The second-order valence-electron chi connectivity index (χ2n) is 3.39. The minimum absolute atomic E-state index is 0.208. The summed E-state index contributed by atoms with van der Waals surface area (Å²) in [6.45, 7) is 1.87. The van der Waals surface area contributed by atoms with Gasteiger partial charge < -0.3 is 14.4 Å². The summed E-state index contributed by atoms with van der Waals surface area (Å²) in [5.74, 6) is -1.10. The first-order valence-electron chi connectivity index (χ1n) is 4.93. The van der Waals surface area contributed by atoms with E-state index in [9.17, 15) is 14.2 Å². The average molecular weight is 224 g/mol. The van der Waals surface area contributed by atoms with E-state index in [1.807, 2.05) is 0 Å². The Kier molecular flexibility index (Phi) is 2.94. The summed E-state index contributed by atoms with van der Waals surface area (Å²) >= 11 is 0. The van der Waals surface area contributed by atoms with E-state index in [4.69, 9.17) is 9.39 Å². The zero-order valence-corrected chi connectivity index (χ0v) is 8.64. The van der Waals surface area contributed by atoms with Gasteiger partial charge in [-0.2, -0.15) is 0 Å². The molecule has 0 amide bonds. The van der Waals surface area contributed by atoms with E-state index >= 15 is 0 Å². The van der Waals surface area contributed by atoms with Crippen LogP contribution in [0.4, 0.5) is 4.39 Å². The lowest BCUT2D eigenvalue weighted by Gasteiger charge is -2.10. The Morgan fingerprint density at radius 3 is 3.12 bits per heavy atom. The van der Waals surface area contributed by atoms with Crippen molar-refractivity contribution in [2.45, 2.75) is 13.0 Å². The highest BCUT2D eigenvalue weighted by Crippen LogP contribution is 2.25. The first-order chi connectivity index (χ1) is 7.63. The van der Waals surface area contributed by atoms with E-state index in [-0.39, 0.29) is 6.61 Å². The summed E-state index contributed by atoms with van der Waals surface area (Å²) in [4.78, 5) is 11.5. The Labute approximate surface area is 92.1 Å². The Balaban J connectivity index is 2.34. The SMILES string of the molecule is CCOC(=O)C1OB(O)c2ccc(F)cc21. The molecule has 6 heteroatoms. The van der Waals surface area contributed by atoms with E-state index < -0.39 is 25.0 Å². The summed E-state index contributed by atoms with van der Waals surface area (Å²) in [6.07, 6.45) is -1.04. The number of esters is 1. The summed E-state index contributed by atoms with van der Waals surface area (Å²) in [5, 5.41) is 9.51. The van der Waals surface area contributed by atoms with Crippen LogP contribution < -0.4 is 5.46 Å². The van der Waals surface area contributed by atoms with Crippen LogP contribution in [0.15, 0.2) is 18.2 Å². The molecule has 1 N–H and O–H groups in total. The second-order valence-corrected chi connectivity index (χ2v) is 3.39. The topological polar surface area (TPSA) is 55.8 Å². The summed E-state index contributed by atoms with van der Waals surface area (Å²) in [7, 11) is -1.20. The van der Waals surface area contributed by atoms with Gasteiger partial charge in [-0.15, -0.1) is 0 Å². The maximum Gasteiger partial charge on any atom is 0.492 e. The van der Waals surface area contributed by atoms with Crippen LogP contribution in [0.3, 0.4) is 0 Å². The molecule has 1 aliphatic rings. The van der Waals surface area contributed by atoms with Gasteiger partial charge >= 0.3 is 13.1 Å². The third kappa shape index (κ3) is 1.81. The molecule has 1 aromatic rings. The Hall–Kier alpha value is -1.40. The van der Waals surface area contributed by atoms with Gasteiger partial charge in [-0.05, 0) is 30.1 Å². The van der Waals surface area contributed by atoms with Gasteiger partial charge in [0.2, 0.25) is 0 Å². The highest BCUT2D eigenvalue weighted by Gasteiger charge is 2.40. The van der Waals surface area contributed by atoms with Gasteiger partial charge in [-0.25, -0.2) is 9.18 Å². The predicted molar refractivity (Wildman–Crippen MR) is 54.5 cm³/mol. The normalized spacial score (nSPS) is 18.4. The first kappa shape index (κ1) is 11.1.